The first-order valence-corrected chi connectivity index (χ1v) is 14.6. The van der Waals surface area contributed by atoms with Crippen LogP contribution >= 0.6 is 0 Å². The van der Waals surface area contributed by atoms with E-state index in [9.17, 15) is 4.79 Å². The third-order valence-electron chi connectivity index (χ3n) is 7.39. The van der Waals surface area contributed by atoms with Gasteiger partial charge in [0.1, 0.15) is 41.2 Å². The van der Waals surface area contributed by atoms with Crippen molar-refractivity contribution in [2.75, 3.05) is 58.6 Å². The molecule has 0 saturated carbocycles. The van der Waals surface area contributed by atoms with E-state index in [-0.39, 0.29) is 0 Å². The maximum Gasteiger partial charge on any atom is 0.425 e. The van der Waals surface area contributed by atoms with Gasteiger partial charge < -0.3 is 23.7 Å². The lowest BCUT2D eigenvalue weighted by Gasteiger charge is -2.26. The molecule has 4 aromatic rings. The Labute approximate surface area is 258 Å². The summed E-state index contributed by atoms with van der Waals surface area (Å²) in [5.74, 6) is 3.21. The first kappa shape index (κ1) is 30.8. The van der Waals surface area contributed by atoms with Crippen LogP contribution in [-0.4, -0.2) is 74.6 Å². The van der Waals surface area contributed by atoms with Gasteiger partial charge in [-0.3, -0.25) is 4.90 Å². The largest absolute Gasteiger partial charge is 0.497 e. The van der Waals surface area contributed by atoms with Gasteiger partial charge in [0.25, 0.3) is 0 Å². The van der Waals surface area contributed by atoms with E-state index < -0.39 is 6.09 Å². The van der Waals surface area contributed by atoms with Crippen molar-refractivity contribution in [2.24, 2.45) is 0 Å². The van der Waals surface area contributed by atoms with Crippen LogP contribution in [0.1, 0.15) is 22.5 Å². The maximum absolute atomic E-state index is 13.9. The summed E-state index contributed by atoms with van der Waals surface area (Å²) in [5.41, 5.74) is 3.15. The number of carbonyl (C=O) groups excluding carboxylic acids is 1. The van der Waals surface area contributed by atoms with Crippen molar-refractivity contribution >= 4 is 17.6 Å². The van der Waals surface area contributed by atoms with Gasteiger partial charge in [-0.2, -0.15) is 0 Å². The average Bonchev–Trinajstić information content (AvgIpc) is 3.05. The number of amides is 1. The number of carbonyl (C=O) groups is 1. The summed E-state index contributed by atoms with van der Waals surface area (Å²) >= 11 is 0. The fraction of sp³-hybridized carbons (Fsp3) is 0.324. The number of hydrogen-bond acceptors (Lipinski definition) is 9. The molecule has 1 aliphatic heterocycles. The standard InChI is InChI=1S/C34H38N4O6/c1-24-6-5-7-25(2)33(24)44-34(39)38(29-13-12-28(40-3)23-30(29)41-4)32-14-15-35-31(36-32)22-26-8-10-27(11-9-26)43-21-18-37-16-19-42-20-17-37/h5-15,23H,16-22H2,1-4H3. The fourth-order valence-electron chi connectivity index (χ4n) is 4.98. The van der Waals surface area contributed by atoms with Crippen molar-refractivity contribution in [1.29, 1.82) is 0 Å². The van der Waals surface area contributed by atoms with Gasteiger partial charge in [-0.05, 0) is 60.9 Å². The number of benzene rings is 3. The number of anilines is 2. The van der Waals surface area contributed by atoms with Crippen molar-refractivity contribution < 1.29 is 28.5 Å². The smallest absolute Gasteiger partial charge is 0.425 e. The zero-order valence-corrected chi connectivity index (χ0v) is 25.6. The van der Waals surface area contributed by atoms with Crippen molar-refractivity contribution in [3.05, 3.63) is 95.4 Å². The van der Waals surface area contributed by atoms with Gasteiger partial charge in [0, 0.05) is 38.3 Å². The maximum atomic E-state index is 13.9. The minimum atomic E-state index is -0.630. The van der Waals surface area contributed by atoms with Gasteiger partial charge in [0.15, 0.2) is 0 Å². The van der Waals surface area contributed by atoms with E-state index in [2.05, 4.69) is 9.88 Å². The Morgan fingerprint density at radius 3 is 2.36 bits per heavy atom. The second-order valence-electron chi connectivity index (χ2n) is 10.4. The van der Waals surface area contributed by atoms with Crippen molar-refractivity contribution in [1.82, 2.24) is 14.9 Å². The van der Waals surface area contributed by atoms with Gasteiger partial charge in [-0.1, -0.05) is 30.3 Å². The monoisotopic (exact) mass is 598 g/mol. The molecule has 1 aliphatic rings. The van der Waals surface area contributed by atoms with Crippen LogP contribution in [0, 0.1) is 13.8 Å². The van der Waals surface area contributed by atoms with Crippen LogP contribution in [0.4, 0.5) is 16.3 Å². The van der Waals surface area contributed by atoms with Crippen LogP contribution in [0.3, 0.4) is 0 Å². The number of aromatic nitrogens is 2. The van der Waals surface area contributed by atoms with Gasteiger partial charge in [-0.15, -0.1) is 0 Å². The van der Waals surface area contributed by atoms with Crippen LogP contribution in [0.2, 0.25) is 0 Å². The first-order chi connectivity index (χ1) is 21.4. The minimum Gasteiger partial charge on any atom is -0.497 e. The summed E-state index contributed by atoms with van der Waals surface area (Å²) < 4.78 is 28.3. The predicted octanol–water partition coefficient (Wildman–Crippen LogP) is 5.75. The van der Waals surface area contributed by atoms with E-state index in [1.54, 1.807) is 37.6 Å². The van der Waals surface area contributed by atoms with Crippen molar-refractivity contribution in [3.8, 4) is 23.0 Å². The van der Waals surface area contributed by atoms with Crippen molar-refractivity contribution in [2.45, 2.75) is 20.3 Å². The van der Waals surface area contributed by atoms with E-state index >= 15 is 0 Å². The molecule has 3 aromatic carbocycles. The molecule has 0 unspecified atom stereocenters. The molecule has 44 heavy (non-hydrogen) atoms. The van der Waals surface area contributed by atoms with Gasteiger partial charge in [0.2, 0.25) is 0 Å². The molecule has 1 aromatic heterocycles. The van der Waals surface area contributed by atoms with E-state index in [0.717, 1.165) is 55.3 Å². The number of morpholine rings is 1. The number of rotatable bonds is 11. The molecule has 1 amide bonds. The van der Waals surface area contributed by atoms with E-state index in [4.69, 9.17) is 28.7 Å². The Kier molecular flexibility index (Phi) is 10.3. The molecule has 10 heteroatoms. The van der Waals surface area contributed by atoms with Crippen LogP contribution in [0.5, 0.6) is 23.0 Å². The second-order valence-corrected chi connectivity index (χ2v) is 10.4. The molecule has 0 spiro atoms. The first-order valence-electron chi connectivity index (χ1n) is 14.6. The number of hydrogen-bond donors (Lipinski definition) is 0. The molecule has 10 nitrogen and oxygen atoms in total. The highest BCUT2D eigenvalue weighted by Crippen LogP contribution is 2.37. The third kappa shape index (κ3) is 7.64. The Morgan fingerprint density at radius 2 is 1.66 bits per heavy atom. The van der Waals surface area contributed by atoms with E-state index in [0.29, 0.717) is 47.6 Å². The lowest BCUT2D eigenvalue weighted by Crippen LogP contribution is -2.38. The van der Waals surface area contributed by atoms with Gasteiger partial charge in [-0.25, -0.2) is 19.7 Å². The summed E-state index contributed by atoms with van der Waals surface area (Å²) in [6, 6.07) is 20.5. The normalized spacial score (nSPS) is 13.3. The summed E-state index contributed by atoms with van der Waals surface area (Å²) in [7, 11) is 3.11. The van der Waals surface area contributed by atoms with E-state index in [1.165, 1.54) is 12.0 Å². The fourth-order valence-corrected chi connectivity index (χ4v) is 4.98. The lowest BCUT2D eigenvalue weighted by molar-refractivity contribution is 0.0322. The number of aryl methyl sites for hydroxylation is 2. The Hall–Kier alpha value is -4.67. The van der Waals surface area contributed by atoms with E-state index in [1.807, 2.05) is 56.3 Å². The number of ether oxygens (including phenoxy) is 5. The predicted molar refractivity (Wildman–Crippen MR) is 168 cm³/mol. The molecular formula is C34H38N4O6. The van der Waals surface area contributed by atoms with Gasteiger partial charge >= 0.3 is 6.09 Å². The van der Waals surface area contributed by atoms with Crippen molar-refractivity contribution in [3.63, 3.8) is 0 Å². The topological polar surface area (TPSA) is 95.5 Å². The highest BCUT2D eigenvalue weighted by atomic mass is 16.6. The highest BCUT2D eigenvalue weighted by molar-refractivity contribution is 5.98. The summed E-state index contributed by atoms with van der Waals surface area (Å²) in [6.07, 6.45) is 1.46. The zero-order valence-electron chi connectivity index (χ0n) is 25.6. The molecule has 1 saturated heterocycles. The molecular weight excluding hydrogens is 560 g/mol. The number of methoxy groups -OCH3 is 2. The quantitative estimate of drug-likeness (QED) is 0.214. The molecule has 2 heterocycles. The Morgan fingerprint density at radius 1 is 0.932 bits per heavy atom. The summed E-state index contributed by atoms with van der Waals surface area (Å²) in [6.45, 7) is 8.71. The Bertz CT molecular complexity index is 1540. The molecule has 0 atom stereocenters. The molecule has 1 fully saturated rings. The molecule has 0 radical (unpaired) electrons. The number of nitrogens with zero attached hydrogens (tertiary/aromatic N) is 4. The molecule has 230 valence electrons. The second kappa shape index (κ2) is 14.7. The summed E-state index contributed by atoms with van der Waals surface area (Å²) in [5, 5.41) is 0. The van der Waals surface area contributed by atoms with Crippen LogP contribution in [0.25, 0.3) is 0 Å². The zero-order chi connectivity index (χ0) is 30.9. The van der Waals surface area contributed by atoms with Crippen LogP contribution in [-0.2, 0) is 11.2 Å². The lowest BCUT2D eigenvalue weighted by atomic mass is 10.1. The SMILES string of the molecule is COc1ccc(N(C(=O)Oc2c(C)cccc2C)c2ccnc(Cc3ccc(OCCN4CCOCC4)cc3)n2)c(OC)c1. The van der Waals surface area contributed by atoms with Crippen LogP contribution < -0.4 is 23.8 Å². The summed E-state index contributed by atoms with van der Waals surface area (Å²) in [4.78, 5) is 26.9. The van der Waals surface area contributed by atoms with Crippen LogP contribution in [0.15, 0.2) is 72.9 Å². The minimum absolute atomic E-state index is 0.345. The third-order valence-corrected chi connectivity index (χ3v) is 7.39. The molecule has 0 N–H and O–H groups in total. The highest BCUT2D eigenvalue weighted by Gasteiger charge is 2.27. The van der Waals surface area contributed by atoms with Gasteiger partial charge in [0.05, 0.1) is 33.1 Å². The average molecular weight is 599 g/mol. The Balaban J connectivity index is 1.36. The molecule has 0 bridgehead atoms. The molecule has 5 rings (SSSR count). The number of para-hydroxylation sites is 1. The molecule has 0 aliphatic carbocycles.